The average Bonchev–Trinajstić information content (AvgIpc) is 3.42. The van der Waals surface area contributed by atoms with Gasteiger partial charge in [-0.3, -0.25) is 9.13 Å². The number of aliphatic hydroxyl groups is 1. The van der Waals surface area contributed by atoms with Crippen LogP contribution >= 0.6 is 0 Å². The van der Waals surface area contributed by atoms with Crippen molar-refractivity contribution in [3.8, 4) is 11.4 Å². The summed E-state index contributed by atoms with van der Waals surface area (Å²) < 4.78 is 72.8. The van der Waals surface area contributed by atoms with Crippen LogP contribution in [0.1, 0.15) is 18.5 Å². The van der Waals surface area contributed by atoms with Gasteiger partial charge in [-0.15, -0.1) is 13.2 Å². The molecule has 184 valence electrons. The van der Waals surface area contributed by atoms with Crippen LogP contribution < -0.4 is 10.4 Å². The second-order valence-corrected chi connectivity index (χ2v) is 7.72. The maximum absolute atomic E-state index is 14.7. The summed E-state index contributed by atoms with van der Waals surface area (Å²) in [6.45, 7) is 1.14. The standard InChI is InChI=1S/C22H18F5N5O3/c1-14(21(34,11-30-13-28-12-29-30)18-7-2-15(23)10-19(18)24)31-8-9-32(20(31)33)16-3-5-17(6-4-16)35-22(25,26)27/h2-10,12-14,34H,11H2,1H3/t14-,21?/m1/s1. The molecule has 2 aromatic carbocycles. The van der Waals surface area contributed by atoms with E-state index >= 15 is 0 Å². The van der Waals surface area contributed by atoms with Crippen molar-refractivity contribution in [3.05, 3.63) is 95.2 Å². The van der Waals surface area contributed by atoms with Gasteiger partial charge in [-0.1, -0.05) is 6.07 Å². The number of hydrogen-bond donors (Lipinski definition) is 1. The minimum absolute atomic E-state index is 0.225. The van der Waals surface area contributed by atoms with Crippen LogP contribution in [-0.2, 0) is 12.1 Å². The van der Waals surface area contributed by atoms with Crippen molar-refractivity contribution in [2.24, 2.45) is 0 Å². The summed E-state index contributed by atoms with van der Waals surface area (Å²) in [5, 5.41) is 15.6. The van der Waals surface area contributed by atoms with Crippen molar-refractivity contribution in [1.82, 2.24) is 23.9 Å². The Balaban J connectivity index is 1.72. The van der Waals surface area contributed by atoms with E-state index < -0.39 is 41.1 Å². The Morgan fingerprint density at radius 2 is 1.80 bits per heavy atom. The molecule has 1 N–H and O–H groups in total. The molecular formula is C22H18F5N5O3. The molecule has 2 aromatic heterocycles. The average molecular weight is 495 g/mol. The van der Waals surface area contributed by atoms with Gasteiger partial charge in [0, 0.05) is 24.0 Å². The number of alkyl halides is 3. The number of hydrogen-bond acceptors (Lipinski definition) is 5. The summed E-state index contributed by atoms with van der Waals surface area (Å²) in [6.07, 6.45) is 0.316. The molecule has 2 atom stereocenters. The minimum atomic E-state index is -4.86. The second kappa shape index (κ2) is 8.98. The van der Waals surface area contributed by atoms with E-state index in [9.17, 15) is 31.9 Å². The summed E-state index contributed by atoms with van der Waals surface area (Å²) >= 11 is 0. The van der Waals surface area contributed by atoms with Gasteiger partial charge in [-0.25, -0.2) is 23.2 Å². The lowest BCUT2D eigenvalue weighted by Gasteiger charge is -2.35. The minimum Gasteiger partial charge on any atom is -0.406 e. The third kappa shape index (κ3) is 4.94. The van der Waals surface area contributed by atoms with Gasteiger partial charge in [0.15, 0.2) is 0 Å². The van der Waals surface area contributed by atoms with Crippen molar-refractivity contribution in [3.63, 3.8) is 0 Å². The molecule has 4 aromatic rings. The summed E-state index contributed by atoms with van der Waals surface area (Å²) in [5.74, 6) is -2.33. The molecule has 13 heteroatoms. The Labute approximate surface area is 194 Å². The highest BCUT2D eigenvalue weighted by Crippen LogP contribution is 2.36. The molecule has 0 aliphatic heterocycles. The maximum atomic E-state index is 14.7. The molecule has 2 heterocycles. The first-order valence-electron chi connectivity index (χ1n) is 10.1. The van der Waals surface area contributed by atoms with Crippen LogP contribution in [0.4, 0.5) is 22.0 Å². The lowest BCUT2D eigenvalue weighted by molar-refractivity contribution is -0.274. The Bertz CT molecular complexity index is 1370. The number of rotatable bonds is 7. The highest BCUT2D eigenvalue weighted by Gasteiger charge is 2.41. The Kier molecular flexibility index (Phi) is 6.19. The summed E-state index contributed by atoms with van der Waals surface area (Å²) in [6, 6.07) is 6.17. The number of ether oxygens (including phenoxy) is 1. The highest BCUT2D eigenvalue weighted by molar-refractivity contribution is 5.37. The largest absolute Gasteiger partial charge is 0.573 e. The zero-order valence-corrected chi connectivity index (χ0v) is 18.0. The number of aromatic nitrogens is 5. The summed E-state index contributed by atoms with van der Waals surface area (Å²) in [5.41, 5.74) is -2.79. The fraction of sp³-hybridized carbons (Fsp3) is 0.227. The van der Waals surface area contributed by atoms with E-state index in [1.807, 2.05) is 0 Å². The van der Waals surface area contributed by atoms with E-state index in [1.54, 1.807) is 0 Å². The summed E-state index contributed by atoms with van der Waals surface area (Å²) in [4.78, 5) is 17.0. The number of nitrogens with zero attached hydrogens (tertiary/aromatic N) is 5. The van der Waals surface area contributed by atoms with Crippen molar-refractivity contribution >= 4 is 0 Å². The van der Waals surface area contributed by atoms with Crippen LogP contribution in [0.2, 0.25) is 0 Å². The summed E-state index contributed by atoms with van der Waals surface area (Å²) in [7, 11) is 0. The van der Waals surface area contributed by atoms with Gasteiger partial charge in [-0.2, -0.15) is 5.10 Å². The SMILES string of the molecule is C[C@@H](n1ccn(-c2ccc(OC(F)(F)F)cc2)c1=O)C(O)(Cn1cncn1)c1ccc(F)cc1F. The highest BCUT2D eigenvalue weighted by atomic mass is 19.4. The molecule has 0 saturated heterocycles. The van der Waals surface area contributed by atoms with Crippen LogP contribution in [0.5, 0.6) is 5.75 Å². The number of imidazole rings is 1. The smallest absolute Gasteiger partial charge is 0.406 e. The van der Waals surface area contributed by atoms with Gasteiger partial charge in [0.05, 0.1) is 18.3 Å². The molecule has 0 amide bonds. The Morgan fingerprint density at radius 1 is 1.09 bits per heavy atom. The first kappa shape index (κ1) is 24.1. The molecule has 0 fully saturated rings. The van der Waals surface area contributed by atoms with Gasteiger partial charge in [0.1, 0.15) is 35.6 Å². The van der Waals surface area contributed by atoms with Crippen molar-refractivity contribution < 1.29 is 31.8 Å². The first-order chi connectivity index (χ1) is 16.5. The molecule has 0 spiro atoms. The molecule has 0 aliphatic rings. The van der Waals surface area contributed by atoms with Crippen molar-refractivity contribution in [1.29, 1.82) is 0 Å². The van der Waals surface area contributed by atoms with Crippen molar-refractivity contribution in [2.75, 3.05) is 0 Å². The third-order valence-electron chi connectivity index (χ3n) is 5.53. The third-order valence-corrected chi connectivity index (χ3v) is 5.53. The topological polar surface area (TPSA) is 87.1 Å². The van der Waals surface area contributed by atoms with Crippen LogP contribution in [0, 0.1) is 11.6 Å². The van der Waals surface area contributed by atoms with Gasteiger partial charge < -0.3 is 9.84 Å². The predicted octanol–water partition coefficient (Wildman–Crippen LogP) is 3.56. The van der Waals surface area contributed by atoms with E-state index in [4.69, 9.17) is 0 Å². The van der Waals surface area contributed by atoms with Crippen molar-refractivity contribution in [2.45, 2.75) is 31.5 Å². The quantitative estimate of drug-likeness (QED) is 0.397. The van der Waals surface area contributed by atoms with E-state index in [1.165, 1.54) is 48.8 Å². The molecule has 0 aliphatic carbocycles. The Hall–Kier alpha value is -4.00. The van der Waals surface area contributed by atoms with Crippen LogP contribution in [0.15, 0.2) is 72.3 Å². The molecule has 4 rings (SSSR count). The normalized spacial score (nSPS) is 14.5. The molecular weight excluding hydrogens is 477 g/mol. The van der Waals surface area contributed by atoms with Gasteiger partial charge >= 0.3 is 12.1 Å². The second-order valence-electron chi connectivity index (χ2n) is 7.72. The number of halogens is 5. The van der Waals surface area contributed by atoms with Crippen LogP contribution in [0.3, 0.4) is 0 Å². The fourth-order valence-electron chi connectivity index (χ4n) is 3.76. The van der Waals surface area contributed by atoms with Gasteiger partial charge in [0.2, 0.25) is 0 Å². The number of benzene rings is 2. The lowest BCUT2D eigenvalue weighted by Crippen LogP contribution is -2.43. The van der Waals surface area contributed by atoms with Gasteiger partial charge in [-0.05, 0) is 37.3 Å². The zero-order valence-electron chi connectivity index (χ0n) is 18.0. The molecule has 8 nitrogen and oxygen atoms in total. The van der Waals surface area contributed by atoms with E-state index in [0.717, 1.165) is 33.4 Å². The maximum Gasteiger partial charge on any atom is 0.573 e. The fourth-order valence-corrected chi connectivity index (χ4v) is 3.76. The Morgan fingerprint density at radius 3 is 2.40 bits per heavy atom. The molecule has 1 unspecified atom stereocenters. The van der Waals surface area contributed by atoms with E-state index in [2.05, 4.69) is 14.8 Å². The lowest BCUT2D eigenvalue weighted by atomic mass is 9.86. The first-order valence-corrected chi connectivity index (χ1v) is 10.1. The molecule has 0 radical (unpaired) electrons. The van der Waals surface area contributed by atoms with E-state index in [0.29, 0.717) is 6.07 Å². The zero-order chi connectivity index (χ0) is 25.4. The predicted molar refractivity (Wildman–Crippen MR) is 112 cm³/mol. The molecule has 35 heavy (non-hydrogen) atoms. The van der Waals surface area contributed by atoms with Crippen LogP contribution in [0.25, 0.3) is 5.69 Å². The van der Waals surface area contributed by atoms with E-state index in [-0.39, 0.29) is 17.8 Å². The monoisotopic (exact) mass is 495 g/mol. The van der Waals surface area contributed by atoms with Crippen LogP contribution in [-0.4, -0.2) is 35.4 Å². The molecule has 0 bridgehead atoms. The molecule has 0 saturated carbocycles. The van der Waals surface area contributed by atoms with Gasteiger partial charge in [0.25, 0.3) is 0 Å².